The van der Waals surface area contributed by atoms with Gasteiger partial charge in [0.2, 0.25) is 0 Å². The van der Waals surface area contributed by atoms with Gasteiger partial charge in [-0.25, -0.2) is 0 Å². The van der Waals surface area contributed by atoms with Crippen molar-refractivity contribution in [2.75, 3.05) is 14.1 Å². The molecule has 0 aromatic heterocycles. The molecular formula is C13H19N. The highest BCUT2D eigenvalue weighted by molar-refractivity contribution is 5.41. The Balaban J connectivity index is 4.79. The second kappa shape index (κ2) is 6.96. The van der Waals surface area contributed by atoms with Crippen LogP contribution in [0.5, 0.6) is 0 Å². The minimum absolute atomic E-state index is 1.15. The van der Waals surface area contributed by atoms with Crippen LogP contribution in [0.15, 0.2) is 60.9 Å². The third-order valence-corrected chi connectivity index (χ3v) is 1.67. The van der Waals surface area contributed by atoms with Crippen molar-refractivity contribution in [2.24, 2.45) is 0 Å². The topological polar surface area (TPSA) is 3.24 Å². The van der Waals surface area contributed by atoms with Gasteiger partial charge in [-0.15, -0.1) is 0 Å². The normalized spacial score (nSPS) is 13.1. The van der Waals surface area contributed by atoms with Gasteiger partial charge in [0.1, 0.15) is 0 Å². The van der Waals surface area contributed by atoms with Crippen molar-refractivity contribution >= 4 is 0 Å². The van der Waals surface area contributed by atoms with Gasteiger partial charge < -0.3 is 4.90 Å². The maximum absolute atomic E-state index is 3.69. The van der Waals surface area contributed by atoms with E-state index in [2.05, 4.69) is 26.2 Å². The molecule has 1 heteroatoms. The Labute approximate surface area is 87.4 Å². The van der Waals surface area contributed by atoms with Gasteiger partial charge in [-0.05, 0) is 30.3 Å². The molecule has 0 rings (SSSR count). The Morgan fingerprint density at radius 2 is 1.64 bits per heavy atom. The highest BCUT2D eigenvalue weighted by Crippen LogP contribution is 2.11. The fourth-order valence-electron chi connectivity index (χ4n) is 0.948. The largest absolute Gasteiger partial charge is 0.383 e. The zero-order valence-corrected chi connectivity index (χ0v) is 9.33. The van der Waals surface area contributed by atoms with Crippen molar-refractivity contribution in [3.8, 4) is 0 Å². The van der Waals surface area contributed by atoms with E-state index < -0.39 is 0 Å². The lowest BCUT2D eigenvalue weighted by atomic mass is 10.1. The molecule has 0 saturated heterocycles. The molecule has 0 N–H and O–H groups in total. The maximum Gasteiger partial charge on any atom is 0.00556 e. The Bertz CT molecular complexity index is 278. The van der Waals surface area contributed by atoms with Gasteiger partial charge in [0, 0.05) is 14.1 Å². The van der Waals surface area contributed by atoms with Gasteiger partial charge in [-0.2, -0.15) is 0 Å². The van der Waals surface area contributed by atoms with E-state index in [-0.39, 0.29) is 0 Å². The van der Waals surface area contributed by atoms with E-state index in [1.54, 1.807) is 12.2 Å². The Morgan fingerprint density at radius 3 is 2.07 bits per heavy atom. The summed E-state index contributed by atoms with van der Waals surface area (Å²) in [6, 6.07) is 0. The van der Waals surface area contributed by atoms with Crippen LogP contribution in [0.3, 0.4) is 0 Å². The van der Waals surface area contributed by atoms with E-state index in [4.69, 9.17) is 0 Å². The van der Waals surface area contributed by atoms with Gasteiger partial charge in [0.25, 0.3) is 0 Å². The molecule has 0 aliphatic heterocycles. The molecule has 0 aromatic rings. The van der Waals surface area contributed by atoms with E-state index >= 15 is 0 Å². The molecule has 14 heavy (non-hydrogen) atoms. The van der Waals surface area contributed by atoms with Crippen LogP contribution >= 0.6 is 0 Å². The summed E-state index contributed by atoms with van der Waals surface area (Å²) >= 11 is 0. The van der Waals surface area contributed by atoms with Gasteiger partial charge in [0.15, 0.2) is 0 Å². The van der Waals surface area contributed by atoms with E-state index in [9.17, 15) is 0 Å². The van der Waals surface area contributed by atoms with Crippen LogP contribution in [0.1, 0.15) is 6.92 Å². The van der Waals surface area contributed by atoms with Crippen molar-refractivity contribution < 1.29 is 0 Å². The SMILES string of the molecule is C=CC=C(/C=C\N(C)C)/C(C)=C\C=C. The Kier molecular flexibility index (Phi) is 6.21. The van der Waals surface area contributed by atoms with E-state index in [0.717, 1.165) is 5.57 Å². The molecule has 0 saturated carbocycles. The molecule has 0 atom stereocenters. The summed E-state index contributed by atoms with van der Waals surface area (Å²) in [6.07, 6.45) is 11.6. The first kappa shape index (κ1) is 12.5. The highest BCUT2D eigenvalue weighted by atomic mass is 15.0. The molecule has 0 amide bonds. The molecule has 0 aliphatic rings. The van der Waals surface area contributed by atoms with Crippen molar-refractivity contribution in [2.45, 2.75) is 6.92 Å². The van der Waals surface area contributed by atoms with E-state index in [1.165, 1.54) is 5.57 Å². The quantitative estimate of drug-likeness (QED) is 0.600. The van der Waals surface area contributed by atoms with Crippen molar-refractivity contribution in [1.29, 1.82) is 0 Å². The molecule has 0 bridgehead atoms. The minimum atomic E-state index is 1.15. The smallest absolute Gasteiger partial charge is 0.00556 e. The number of hydrogen-bond acceptors (Lipinski definition) is 1. The highest BCUT2D eigenvalue weighted by Gasteiger charge is 1.92. The van der Waals surface area contributed by atoms with Crippen molar-refractivity contribution in [3.05, 3.63) is 60.9 Å². The third-order valence-electron chi connectivity index (χ3n) is 1.67. The average Bonchev–Trinajstić information content (AvgIpc) is 2.12. The first-order valence-corrected chi connectivity index (χ1v) is 4.59. The second-order valence-corrected chi connectivity index (χ2v) is 3.22. The molecule has 1 nitrogen and oxygen atoms in total. The van der Waals surface area contributed by atoms with Crippen LogP contribution in [0.4, 0.5) is 0 Å². The standard InChI is InChI=1S/C13H19N/c1-6-8-12(3)13(9-7-2)10-11-14(4)5/h6-11H,1-2H2,3-5H3/b11-10-,12-8-,13-9?. The van der Waals surface area contributed by atoms with Crippen LogP contribution in [0.2, 0.25) is 0 Å². The summed E-state index contributed by atoms with van der Waals surface area (Å²) in [5.74, 6) is 0. The summed E-state index contributed by atoms with van der Waals surface area (Å²) < 4.78 is 0. The maximum atomic E-state index is 3.69. The molecular weight excluding hydrogens is 170 g/mol. The van der Waals surface area contributed by atoms with Crippen LogP contribution in [-0.4, -0.2) is 19.0 Å². The molecule has 76 valence electrons. The Hall–Kier alpha value is -1.50. The van der Waals surface area contributed by atoms with Crippen LogP contribution in [0, 0.1) is 0 Å². The lowest BCUT2D eigenvalue weighted by molar-refractivity contribution is 0.563. The van der Waals surface area contributed by atoms with Crippen molar-refractivity contribution in [1.82, 2.24) is 4.90 Å². The lowest BCUT2D eigenvalue weighted by Crippen LogP contribution is -2.00. The molecule has 0 spiro atoms. The van der Waals surface area contributed by atoms with E-state index in [0.29, 0.717) is 0 Å². The zero-order valence-electron chi connectivity index (χ0n) is 9.33. The second-order valence-electron chi connectivity index (χ2n) is 3.22. The summed E-state index contributed by atoms with van der Waals surface area (Å²) in [7, 11) is 3.99. The first-order chi connectivity index (χ1) is 6.61. The Morgan fingerprint density at radius 1 is 1.07 bits per heavy atom. The van der Waals surface area contributed by atoms with Crippen LogP contribution in [0.25, 0.3) is 0 Å². The summed E-state index contributed by atoms with van der Waals surface area (Å²) in [5.41, 5.74) is 2.33. The van der Waals surface area contributed by atoms with Gasteiger partial charge >= 0.3 is 0 Å². The van der Waals surface area contributed by atoms with Gasteiger partial charge in [0.05, 0.1) is 0 Å². The summed E-state index contributed by atoms with van der Waals surface area (Å²) in [6.45, 7) is 9.42. The van der Waals surface area contributed by atoms with Gasteiger partial charge in [-0.1, -0.05) is 37.5 Å². The predicted octanol–water partition coefficient (Wildman–Crippen LogP) is 3.31. The summed E-state index contributed by atoms with van der Waals surface area (Å²) in [5, 5.41) is 0. The molecule has 0 heterocycles. The molecule has 0 aliphatic carbocycles. The zero-order chi connectivity index (χ0) is 11.0. The number of nitrogens with zero attached hydrogens (tertiary/aromatic N) is 1. The number of hydrogen-bond donors (Lipinski definition) is 0. The molecule has 0 fully saturated rings. The molecule has 0 aromatic carbocycles. The minimum Gasteiger partial charge on any atom is -0.383 e. The monoisotopic (exact) mass is 189 g/mol. The predicted molar refractivity (Wildman–Crippen MR) is 65.1 cm³/mol. The average molecular weight is 189 g/mol. The summed E-state index contributed by atoms with van der Waals surface area (Å²) in [4.78, 5) is 2.00. The fraction of sp³-hybridized carbons (Fsp3) is 0.231. The van der Waals surface area contributed by atoms with Gasteiger partial charge in [-0.3, -0.25) is 0 Å². The third kappa shape index (κ3) is 5.20. The van der Waals surface area contributed by atoms with Crippen LogP contribution in [-0.2, 0) is 0 Å². The van der Waals surface area contributed by atoms with E-state index in [1.807, 2.05) is 37.3 Å². The molecule has 0 radical (unpaired) electrons. The first-order valence-electron chi connectivity index (χ1n) is 4.59. The molecule has 0 unspecified atom stereocenters. The number of allylic oxidation sites excluding steroid dienone is 7. The lowest BCUT2D eigenvalue weighted by Gasteiger charge is -2.05. The van der Waals surface area contributed by atoms with Crippen molar-refractivity contribution in [3.63, 3.8) is 0 Å². The fourth-order valence-corrected chi connectivity index (χ4v) is 0.948. The number of rotatable bonds is 5. The van der Waals surface area contributed by atoms with Crippen LogP contribution < -0.4 is 0 Å².